The Hall–Kier alpha value is -3.30. The van der Waals surface area contributed by atoms with E-state index >= 15 is 0 Å². The summed E-state index contributed by atoms with van der Waals surface area (Å²) in [6.45, 7) is 2.21. The van der Waals surface area contributed by atoms with Gasteiger partial charge >= 0.3 is 0 Å². The zero-order valence-corrected chi connectivity index (χ0v) is 18.7. The minimum atomic E-state index is -0.537. The Morgan fingerprint density at radius 2 is 1.88 bits per heavy atom. The van der Waals surface area contributed by atoms with E-state index in [1.54, 1.807) is 53.4 Å². The van der Waals surface area contributed by atoms with Crippen LogP contribution in [0.25, 0.3) is 0 Å². The smallest absolute Gasteiger partial charge is 0.259 e. The fraction of sp³-hybridized carbons (Fsp3) is 0.227. The van der Waals surface area contributed by atoms with Crippen LogP contribution in [0.1, 0.15) is 28.7 Å². The highest BCUT2D eigenvalue weighted by Gasteiger charge is 2.35. The maximum atomic E-state index is 12.9. The first-order chi connectivity index (χ1) is 15.4. The first-order valence-electron chi connectivity index (χ1n) is 10.0. The van der Waals surface area contributed by atoms with Gasteiger partial charge < -0.3 is 10.2 Å². The van der Waals surface area contributed by atoms with E-state index in [4.69, 9.17) is 11.6 Å². The number of aryl methyl sites for hydroxylation is 1. The second-order valence-electron chi connectivity index (χ2n) is 7.23. The molecule has 0 aliphatic carbocycles. The zero-order chi connectivity index (χ0) is 22.7. The lowest BCUT2D eigenvalue weighted by Crippen LogP contribution is -2.28. The normalized spacial score (nSPS) is 15.6. The molecule has 4 rings (SSSR count). The molecule has 1 atom stereocenters. The Balaban J connectivity index is 1.45. The van der Waals surface area contributed by atoms with Crippen molar-refractivity contribution in [3.63, 3.8) is 0 Å². The molecular formula is C22H20ClN5O3S. The van der Waals surface area contributed by atoms with E-state index < -0.39 is 11.8 Å². The van der Waals surface area contributed by atoms with Crippen LogP contribution in [-0.4, -0.2) is 34.5 Å². The lowest BCUT2D eigenvalue weighted by Gasteiger charge is -2.17. The molecule has 1 aliphatic rings. The number of rotatable bonds is 6. The average Bonchev–Trinajstić information content (AvgIpc) is 3.41. The molecule has 2 heterocycles. The van der Waals surface area contributed by atoms with Crippen molar-refractivity contribution in [2.24, 2.45) is 5.92 Å². The van der Waals surface area contributed by atoms with E-state index in [0.29, 0.717) is 27.1 Å². The number of halogens is 1. The van der Waals surface area contributed by atoms with Crippen molar-refractivity contribution < 1.29 is 14.4 Å². The average molecular weight is 470 g/mol. The van der Waals surface area contributed by atoms with E-state index in [-0.39, 0.29) is 24.8 Å². The zero-order valence-electron chi connectivity index (χ0n) is 17.2. The summed E-state index contributed by atoms with van der Waals surface area (Å²) in [4.78, 5) is 39.7. The second kappa shape index (κ2) is 9.46. The van der Waals surface area contributed by atoms with Crippen molar-refractivity contribution in [3.8, 4) is 0 Å². The summed E-state index contributed by atoms with van der Waals surface area (Å²) in [6.07, 6.45) is 0.820. The molecule has 3 amide bonds. The number of amides is 3. The number of carbonyl (C=O) groups excluding carboxylic acids is 3. The molecule has 1 fully saturated rings. The monoisotopic (exact) mass is 469 g/mol. The van der Waals surface area contributed by atoms with Crippen molar-refractivity contribution in [3.05, 3.63) is 64.1 Å². The lowest BCUT2D eigenvalue weighted by molar-refractivity contribution is -0.122. The highest BCUT2D eigenvalue weighted by Crippen LogP contribution is 2.28. The van der Waals surface area contributed by atoms with E-state index in [1.807, 2.05) is 6.92 Å². The van der Waals surface area contributed by atoms with Gasteiger partial charge in [-0.15, -0.1) is 10.2 Å². The van der Waals surface area contributed by atoms with Crippen molar-refractivity contribution in [2.75, 3.05) is 22.1 Å². The van der Waals surface area contributed by atoms with Gasteiger partial charge in [0.25, 0.3) is 5.91 Å². The fourth-order valence-electron chi connectivity index (χ4n) is 3.39. The van der Waals surface area contributed by atoms with Gasteiger partial charge in [0.2, 0.25) is 16.9 Å². The predicted octanol–water partition coefficient (Wildman–Crippen LogP) is 4.00. The highest BCUT2D eigenvalue weighted by atomic mass is 35.5. The minimum Gasteiger partial charge on any atom is -0.325 e. The Bertz CT molecular complexity index is 1160. The summed E-state index contributed by atoms with van der Waals surface area (Å²) in [7, 11) is 0. The first-order valence-corrected chi connectivity index (χ1v) is 11.2. The van der Waals surface area contributed by atoms with Gasteiger partial charge in [-0.05, 0) is 42.8 Å². The summed E-state index contributed by atoms with van der Waals surface area (Å²) in [5, 5.41) is 15.3. The first kappa shape index (κ1) is 21.9. The van der Waals surface area contributed by atoms with Gasteiger partial charge in [-0.2, -0.15) is 0 Å². The van der Waals surface area contributed by atoms with Gasteiger partial charge in [-0.1, -0.05) is 42.0 Å². The molecule has 2 N–H and O–H groups in total. The number of hydrogen-bond acceptors (Lipinski definition) is 6. The van der Waals surface area contributed by atoms with Crippen molar-refractivity contribution in [1.29, 1.82) is 0 Å². The molecule has 0 bridgehead atoms. The third-order valence-corrected chi connectivity index (χ3v) is 6.29. The topological polar surface area (TPSA) is 104 Å². The number of anilines is 3. The Morgan fingerprint density at radius 3 is 2.59 bits per heavy atom. The van der Waals surface area contributed by atoms with Crippen LogP contribution in [0, 0.1) is 5.92 Å². The number of hydrogen-bond donors (Lipinski definition) is 2. The van der Waals surface area contributed by atoms with Crippen molar-refractivity contribution in [1.82, 2.24) is 10.2 Å². The molecule has 0 saturated carbocycles. The van der Waals surface area contributed by atoms with E-state index in [0.717, 1.165) is 11.4 Å². The van der Waals surface area contributed by atoms with Gasteiger partial charge in [0, 0.05) is 23.7 Å². The molecule has 1 saturated heterocycles. The number of aromatic nitrogens is 2. The van der Waals surface area contributed by atoms with Crippen LogP contribution in [0.2, 0.25) is 5.02 Å². The summed E-state index contributed by atoms with van der Waals surface area (Å²) < 4.78 is 0. The standard InChI is InChI=1S/C22H20ClN5O3S/c1-2-18-26-27-22(32-18)25-21(31)16-5-3-4-6-17(16)24-20(30)13-11-19(29)28(12-13)15-9-7-14(23)8-10-15/h3-10,13H,2,11-12H2,1H3,(H,24,30)(H,25,27,31). The van der Waals surface area contributed by atoms with Crippen LogP contribution in [0.5, 0.6) is 0 Å². The summed E-state index contributed by atoms with van der Waals surface area (Å²) in [5.41, 5.74) is 1.36. The minimum absolute atomic E-state index is 0.0907. The van der Waals surface area contributed by atoms with Crippen LogP contribution in [0.4, 0.5) is 16.5 Å². The van der Waals surface area contributed by atoms with Crippen LogP contribution >= 0.6 is 22.9 Å². The van der Waals surface area contributed by atoms with Gasteiger partial charge in [-0.3, -0.25) is 19.7 Å². The molecule has 10 heteroatoms. The van der Waals surface area contributed by atoms with E-state index in [1.165, 1.54) is 11.3 Å². The maximum absolute atomic E-state index is 12.9. The van der Waals surface area contributed by atoms with Crippen LogP contribution in [0.15, 0.2) is 48.5 Å². The van der Waals surface area contributed by atoms with Gasteiger partial charge in [-0.25, -0.2) is 0 Å². The Labute approximate surface area is 193 Å². The number of nitrogens with zero attached hydrogens (tertiary/aromatic N) is 3. The van der Waals surface area contributed by atoms with Crippen molar-refractivity contribution in [2.45, 2.75) is 19.8 Å². The molecule has 1 aliphatic heterocycles. The molecule has 2 aromatic carbocycles. The molecule has 3 aromatic rings. The van der Waals surface area contributed by atoms with Crippen LogP contribution in [-0.2, 0) is 16.0 Å². The number of nitrogens with one attached hydrogen (secondary N) is 2. The largest absolute Gasteiger partial charge is 0.325 e. The fourth-order valence-corrected chi connectivity index (χ4v) is 4.19. The molecule has 8 nitrogen and oxygen atoms in total. The second-order valence-corrected chi connectivity index (χ2v) is 8.72. The molecule has 32 heavy (non-hydrogen) atoms. The van der Waals surface area contributed by atoms with Crippen molar-refractivity contribution >= 4 is 57.2 Å². The molecular weight excluding hydrogens is 450 g/mol. The maximum Gasteiger partial charge on any atom is 0.259 e. The molecule has 0 spiro atoms. The third kappa shape index (κ3) is 4.79. The lowest BCUT2D eigenvalue weighted by atomic mass is 10.1. The number of benzene rings is 2. The van der Waals surface area contributed by atoms with Crippen LogP contribution in [0.3, 0.4) is 0 Å². The number of carbonyl (C=O) groups is 3. The van der Waals surface area contributed by atoms with Crippen LogP contribution < -0.4 is 15.5 Å². The molecule has 164 valence electrons. The van der Waals surface area contributed by atoms with E-state index in [9.17, 15) is 14.4 Å². The molecule has 0 radical (unpaired) electrons. The quantitative estimate of drug-likeness (QED) is 0.567. The summed E-state index contributed by atoms with van der Waals surface area (Å²) in [5.74, 6) is -1.39. The molecule has 1 unspecified atom stereocenters. The SMILES string of the molecule is CCc1nnc(NC(=O)c2ccccc2NC(=O)C2CC(=O)N(c3ccc(Cl)cc3)C2)s1. The van der Waals surface area contributed by atoms with E-state index in [2.05, 4.69) is 20.8 Å². The van der Waals surface area contributed by atoms with Gasteiger partial charge in [0.15, 0.2) is 0 Å². The van der Waals surface area contributed by atoms with Gasteiger partial charge in [0.1, 0.15) is 5.01 Å². The number of para-hydroxylation sites is 1. The third-order valence-electron chi connectivity index (χ3n) is 5.05. The predicted molar refractivity (Wildman–Crippen MR) is 124 cm³/mol. The molecule has 1 aromatic heterocycles. The highest BCUT2D eigenvalue weighted by molar-refractivity contribution is 7.15. The summed E-state index contributed by atoms with van der Waals surface area (Å²) >= 11 is 7.22. The Morgan fingerprint density at radius 1 is 1.12 bits per heavy atom. The Kier molecular flexibility index (Phi) is 6.48. The van der Waals surface area contributed by atoms with Gasteiger partial charge in [0.05, 0.1) is 17.2 Å². The summed E-state index contributed by atoms with van der Waals surface area (Å²) in [6, 6.07) is 13.6.